The van der Waals surface area contributed by atoms with Gasteiger partial charge in [0.15, 0.2) is 0 Å². The van der Waals surface area contributed by atoms with E-state index in [1.807, 2.05) is 6.92 Å². The minimum atomic E-state index is -4.05. The summed E-state index contributed by atoms with van der Waals surface area (Å²) in [4.78, 5) is 37.8. The number of aliphatic hydroxyl groups excluding tert-OH is 1. The number of carbonyl (C=O) groups excluding carboxylic acids is 3. The molecule has 0 aromatic heterocycles. The minimum absolute atomic E-state index is 0.0177. The average Bonchev–Trinajstić information content (AvgIpc) is 2.83. The van der Waals surface area contributed by atoms with Crippen LogP contribution in [0.4, 0.5) is 0 Å². The lowest BCUT2D eigenvalue weighted by atomic mass is 9.78. The van der Waals surface area contributed by atoms with Crippen LogP contribution in [-0.2, 0) is 38.2 Å². The first-order valence-corrected chi connectivity index (χ1v) is 13.4. The number of hydrogen-bond donors (Lipinski definition) is 2. The Morgan fingerprint density at radius 2 is 1.72 bits per heavy atom. The van der Waals surface area contributed by atoms with Gasteiger partial charge in [0.2, 0.25) is 5.91 Å². The quantitative estimate of drug-likeness (QED) is 0.143. The largest absolute Gasteiger partial charge is 0.469 e. The summed E-state index contributed by atoms with van der Waals surface area (Å²) in [6.45, 7) is 6.43. The number of nitrogens with one attached hydrogen (secondary N) is 1. The number of aliphatic hydroxyl groups is 1. The Hall–Kier alpha value is -2.50. The van der Waals surface area contributed by atoms with Crippen molar-refractivity contribution < 1.29 is 41.6 Å². The molecular formula is C25H39NO9S. The Bertz CT molecular complexity index is 958. The summed E-state index contributed by atoms with van der Waals surface area (Å²) in [5.41, 5.74) is -0.103. The first-order valence-electron chi connectivity index (χ1n) is 12.0. The maximum absolute atomic E-state index is 12.8. The van der Waals surface area contributed by atoms with Crippen LogP contribution in [0.15, 0.2) is 29.2 Å². The van der Waals surface area contributed by atoms with Gasteiger partial charge in [-0.2, -0.15) is 8.42 Å². The van der Waals surface area contributed by atoms with Crippen molar-refractivity contribution in [3.63, 3.8) is 0 Å². The average molecular weight is 530 g/mol. The molecule has 2 N–H and O–H groups in total. The van der Waals surface area contributed by atoms with Crippen molar-refractivity contribution in [3.05, 3.63) is 29.8 Å². The fourth-order valence-corrected chi connectivity index (χ4v) is 4.46. The molecule has 0 spiro atoms. The van der Waals surface area contributed by atoms with E-state index < -0.39 is 51.9 Å². The molecule has 204 valence electrons. The molecule has 1 aromatic carbocycles. The highest BCUT2D eigenvalue weighted by molar-refractivity contribution is 7.86. The molecule has 0 heterocycles. The van der Waals surface area contributed by atoms with Gasteiger partial charge in [0.25, 0.3) is 10.1 Å². The number of ether oxygens (including phenoxy) is 2. The van der Waals surface area contributed by atoms with Gasteiger partial charge in [-0.1, -0.05) is 24.6 Å². The lowest BCUT2D eigenvalue weighted by Crippen LogP contribution is -2.37. The van der Waals surface area contributed by atoms with E-state index in [1.54, 1.807) is 32.9 Å². The van der Waals surface area contributed by atoms with E-state index in [2.05, 4.69) is 5.32 Å². The van der Waals surface area contributed by atoms with Crippen molar-refractivity contribution in [2.75, 3.05) is 27.1 Å². The minimum Gasteiger partial charge on any atom is -0.469 e. The Labute approximate surface area is 213 Å². The molecule has 0 aliphatic heterocycles. The Kier molecular flexibility index (Phi) is 13.1. The van der Waals surface area contributed by atoms with Gasteiger partial charge in [-0.3, -0.25) is 14.4 Å². The number of amides is 1. The van der Waals surface area contributed by atoms with Crippen molar-refractivity contribution in [3.8, 4) is 0 Å². The number of carbonyl (C=O) groups is 3. The third-order valence-corrected chi connectivity index (χ3v) is 7.11. The summed E-state index contributed by atoms with van der Waals surface area (Å²) in [5, 5.41) is 11.4. The van der Waals surface area contributed by atoms with Crippen LogP contribution in [0.3, 0.4) is 0 Å². The van der Waals surface area contributed by atoms with Crippen LogP contribution in [-0.4, -0.2) is 58.4 Å². The number of esters is 2. The van der Waals surface area contributed by atoms with Crippen LogP contribution in [0.25, 0.3) is 0 Å². The van der Waals surface area contributed by atoms with Crippen LogP contribution < -0.4 is 5.32 Å². The fourth-order valence-electron chi connectivity index (χ4n) is 3.64. The molecule has 11 heteroatoms. The summed E-state index contributed by atoms with van der Waals surface area (Å²) in [6.07, 6.45) is 1.52. The van der Waals surface area contributed by atoms with Gasteiger partial charge in [0.05, 0.1) is 29.9 Å². The number of aryl methyl sites for hydroxylation is 1. The monoisotopic (exact) mass is 529 g/mol. The standard InChI is InChI=1S/C25H39NO9S/c1-6-19(22(28)26-17-35-36(31,32)21-11-9-18(2)10-12-21)15-20(16-25(3,4)24(30)33-5)23(29)34-14-8-7-13-27/h9-12,19-20,27H,6-8,13-17H2,1-5H3,(H,26,28). The zero-order valence-electron chi connectivity index (χ0n) is 21.7. The Balaban J connectivity index is 2.85. The number of unbranched alkanes of at least 4 members (excludes halogenated alkanes) is 1. The highest BCUT2D eigenvalue weighted by atomic mass is 32.2. The molecule has 0 saturated heterocycles. The fraction of sp³-hybridized carbons (Fsp3) is 0.640. The molecule has 0 fully saturated rings. The van der Waals surface area contributed by atoms with Crippen molar-refractivity contribution in [1.29, 1.82) is 0 Å². The summed E-state index contributed by atoms with van der Waals surface area (Å²) in [5.74, 6) is -2.95. The third-order valence-electron chi connectivity index (χ3n) is 5.83. The smallest absolute Gasteiger partial charge is 0.311 e. The highest BCUT2D eigenvalue weighted by Crippen LogP contribution is 2.32. The molecule has 36 heavy (non-hydrogen) atoms. The van der Waals surface area contributed by atoms with Gasteiger partial charge in [-0.15, -0.1) is 0 Å². The number of rotatable bonds is 16. The molecule has 1 amide bonds. The van der Waals surface area contributed by atoms with E-state index in [4.69, 9.17) is 18.8 Å². The Morgan fingerprint density at radius 3 is 2.28 bits per heavy atom. The summed E-state index contributed by atoms with van der Waals surface area (Å²) in [6, 6.07) is 6.11. The van der Waals surface area contributed by atoms with Crippen LogP contribution in [0.1, 0.15) is 58.4 Å². The van der Waals surface area contributed by atoms with Crippen LogP contribution in [0, 0.1) is 24.2 Å². The molecule has 1 rings (SSSR count). The van der Waals surface area contributed by atoms with Crippen molar-refractivity contribution in [1.82, 2.24) is 5.32 Å². The van der Waals surface area contributed by atoms with E-state index in [0.717, 1.165) is 5.56 Å². The Morgan fingerprint density at radius 1 is 1.08 bits per heavy atom. The van der Waals surface area contributed by atoms with Crippen LogP contribution in [0.2, 0.25) is 0 Å². The zero-order valence-corrected chi connectivity index (χ0v) is 22.6. The highest BCUT2D eigenvalue weighted by Gasteiger charge is 2.37. The van der Waals surface area contributed by atoms with Gasteiger partial charge < -0.3 is 19.9 Å². The molecule has 0 saturated carbocycles. The number of methoxy groups -OCH3 is 1. The van der Waals surface area contributed by atoms with Crippen molar-refractivity contribution in [2.24, 2.45) is 17.3 Å². The lowest BCUT2D eigenvalue weighted by molar-refractivity contribution is -0.156. The summed E-state index contributed by atoms with van der Waals surface area (Å²) in [7, 11) is -2.79. The van der Waals surface area contributed by atoms with Crippen molar-refractivity contribution >= 4 is 28.0 Å². The van der Waals surface area contributed by atoms with Gasteiger partial charge >= 0.3 is 11.9 Å². The third kappa shape index (κ3) is 10.2. The molecule has 0 radical (unpaired) electrons. The maximum atomic E-state index is 12.8. The van der Waals surface area contributed by atoms with E-state index in [1.165, 1.54) is 19.2 Å². The molecule has 2 atom stereocenters. The summed E-state index contributed by atoms with van der Waals surface area (Å²) >= 11 is 0. The van der Waals surface area contributed by atoms with E-state index >= 15 is 0 Å². The molecule has 1 aromatic rings. The number of hydrogen-bond acceptors (Lipinski definition) is 9. The van der Waals surface area contributed by atoms with E-state index in [0.29, 0.717) is 19.3 Å². The predicted octanol–water partition coefficient (Wildman–Crippen LogP) is 2.71. The van der Waals surface area contributed by atoms with Crippen LogP contribution >= 0.6 is 0 Å². The number of benzene rings is 1. The molecule has 0 aliphatic rings. The lowest BCUT2D eigenvalue weighted by Gasteiger charge is -2.28. The topological polar surface area (TPSA) is 145 Å². The molecule has 2 unspecified atom stereocenters. The molecule has 0 bridgehead atoms. The predicted molar refractivity (Wildman–Crippen MR) is 132 cm³/mol. The second-order valence-electron chi connectivity index (χ2n) is 9.29. The molecule has 10 nitrogen and oxygen atoms in total. The van der Waals surface area contributed by atoms with Gasteiger partial charge in [-0.25, -0.2) is 4.18 Å². The van der Waals surface area contributed by atoms with E-state index in [9.17, 15) is 22.8 Å². The second kappa shape index (κ2) is 14.9. The molecule has 0 aliphatic carbocycles. The summed E-state index contributed by atoms with van der Waals surface area (Å²) < 4.78 is 39.8. The SMILES string of the molecule is CCC(CC(CC(C)(C)C(=O)OC)C(=O)OCCCCO)C(=O)NCOS(=O)(=O)c1ccc(C)cc1. The second-order valence-corrected chi connectivity index (χ2v) is 10.9. The molecular weight excluding hydrogens is 490 g/mol. The van der Waals surface area contributed by atoms with Gasteiger partial charge in [-0.05, 0) is 65.0 Å². The normalized spacial score (nSPS) is 13.5. The first-order chi connectivity index (χ1) is 16.9. The van der Waals surface area contributed by atoms with Gasteiger partial charge in [0, 0.05) is 12.5 Å². The zero-order chi connectivity index (χ0) is 27.4. The van der Waals surface area contributed by atoms with Gasteiger partial charge in [0.1, 0.15) is 6.73 Å². The first kappa shape index (κ1) is 31.5. The van der Waals surface area contributed by atoms with E-state index in [-0.39, 0.29) is 31.0 Å². The van der Waals surface area contributed by atoms with Crippen LogP contribution in [0.5, 0.6) is 0 Å². The maximum Gasteiger partial charge on any atom is 0.311 e. The van der Waals surface area contributed by atoms with Crippen molar-refractivity contribution in [2.45, 2.75) is 64.7 Å².